The van der Waals surface area contributed by atoms with Crippen LogP contribution in [-0.2, 0) is 0 Å². The summed E-state index contributed by atoms with van der Waals surface area (Å²) in [4.78, 5) is 0. The first-order valence-corrected chi connectivity index (χ1v) is 5.90. The van der Waals surface area contributed by atoms with E-state index in [4.69, 9.17) is 4.74 Å². The molecule has 0 fully saturated rings. The van der Waals surface area contributed by atoms with Gasteiger partial charge >= 0.3 is 0 Å². The van der Waals surface area contributed by atoms with E-state index < -0.39 is 0 Å². The molecule has 1 aromatic carbocycles. The fraction of sp³-hybridized carbons (Fsp3) is 0.467. The lowest BCUT2D eigenvalue weighted by atomic mass is 9.86. The van der Waals surface area contributed by atoms with Gasteiger partial charge in [0.05, 0.1) is 7.11 Å². The molecular formula is C15H22O. The summed E-state index contributed by atoms with van der Waals surface area (Å²) in [6.07, 6.45) is 4.21. The second-order valence-electron chi connectivity index (χ2n) is 4.30. The van der Waals surface area contributed by atoms with Crippen LogP contribution in [0.4, 0.5) is 0 Å². The predicted molar refractivity (Wildman–Crippen MR) is 70.3 cm³/mol. The summed E-state index contributed by atoms with van der Waals surface area (Å²) in [7, 11) is 1.72. The van der Waals surface area contributed by atoms with E-state index in [-0.39, 0.29) is 0 Å². The average Bonchev–Trinajstić information content (AvgIpc) is 2.26. The van der Waals surface area contributed by atoms with Gasteiger partial charge in [-0.25, -0.2) is 0 Å². The number of benzene rings is 1. The Bertz CT molecular complexity index is 343. The van der Waals surface area contributed by atoms with Crippen LogP contribution < -0.4 is 4.74 Å². The molecule has 16 heavy (non-hydrogen) atoms. The van der Waals surface area contributed by atoms with Crippen LogP contribution in [0.15, 0.2) is 24.8 Å². The summed E-state index contributed by atoms with van der Waals surface area (Å²) in [6, 6.07) is 4.24. The van der Waals surface area contributed by atoms with Crippen molar-refractivity contribution in [2.75, 3.05) is 7.11 Å². The van der Waals surface area contributed by atoms with E-state index in [1.54, 1.807) is 7.11 Å². The number of hydrogen-bond donors (Lipinski definition) is 0. The van der Waals surface area contributed by atoms with Gasteiger partial charge in [0.15, 0.2) is 0 Å². The van der Waals surface area contributed by atoms with Crippen molar-refractivity contribution in [3.05, 3.63) is 41.5 Å². The van der Waals surface area contributed by atoms with Crippen LogP contribution in [0.3, 0.4) is 0 Å². The summed E-state index contributed by atoms with van der Waals surface area (Å²) >= 11 is 0. The van der Waals surface area contributed by atoms with Gasteiger partial charge in [-0.05, 0) is 61.4 Å². The SMILES string of the molecule is C=CCC(CC)c1c(C)cc(OC)cc1C. The van der Waals surface area contributed by atoms with Crippen LogP contribution in [0.1, 0.15) is 42.4 Å². The van der Waals surface area contributed by atoms with Crippen molar-refractivity contribution in [3.63, 3.8) is 0 Å². The largest absolute Gasteiger partial charge is 0.497 e. The molecule has 0 aromatic heterocycles. The Morgan fingerprint density at radius 1 is 1.31 bits per heavy atom. The Kier molecular flexibility index (Phi) is 4.60. The zero-order valence-corrected chi connectivity index (χ0v) is 10.8. The zero-order chi connectivity index (χ0) is 12.1. The number of rotatable bonds is 5. The van der Waals surface area contributed by atoms with E-state index >= 15 is 0 Å². The Morgan fingerprint density at radius 2 is 1.88 bits per heavy atom. The first-order chi connectivity index (χ1) is 7.63. The van der Waals surface area contributed by atoms with E-state index in [0.717, 1.165) is 18.6 Å². The van der Waals surface area contributed by atoms with Crippen LogP contribution in [0.25, 0.3) is 0 Å². The summed E-state index contributed by atoms with van der Waals surface area (Å²) in [5.41, 5.74) is 4.11. The Balaban J connectivity index is 3.16. The maximum atomic E-state index is 5.28. The highest BCUT2D eigenvalue weighted by Gasteiger charge is 2.14. The van der Waals surface area contributed by atoms with E-state index in [1.807, 2.05) is 6.08 Å². The van der Waals surface area contributed by atoms with Crippen molar-refractivity contribution >= 4 is 0 Å². The molecule has 0 saturated carbocycles. The second kappa shape index (κ2) is 5.74. The molecule has 0 saturated heterocycles. The molecule has 1 atom stereocenters. The Morgan fingerprint density at radius 3 is 2.25 bits per heavy atom. The van der Waals surface area contributed by atoms with Crippen LogP contribution in [0, 0.1) is 13.8 Å². The van der Waals surface area contributed by atoms with Gasteiger partial charge in [-0.1, -0.05) is 13.0 Å². The minimum Gasteiger partial charge on any atom is -0.497 e. The number of hydrogen-bond acceptors (Lipinski definition) is 1. The smallest absolute Gasteiger partial charge is 0.119 e. The lowest BCUT2D eigenvalue weighted by molar-refractivity contribution is 0.413. The van der Waals surface area contributed by atoms with Crippen LogP contribution >= 0.6 is 0 Å². The lowest BCUT2D eigenvalue weighted by Gasteiger charge is -2.19. The average molecular weight is 218 g/mol. The maximum absolute atomic E-state index is 5.28. The molecule has 1 heteroatoms. The van der Waals surface area contributed by atoms with Crippen molar-refractivity contribution in [2.45, 2.75) is 39.5 Å². The van der Waals surface area contributed by atoms with Gasteiger partial charge in [0.1, 0.15) is 5.75 Å². The molecule has 1 unspecified atom stereocenters. The number of aryl methyl sites for hydroxylation is 2. The van der Waals surface area contributed by atoms with Gasteiger partial charge in [-0.15, -0.1) is 6.58 Å². The fourth-order valence-electron chi connectivity index (χ4n) is 2.39. The molecule has 0 aliphatic rings. The third kappa shape index (κ3) is 2.66. The van der Waals surface area contributed by atoms with Crippen LogP contribution in [0.5, 0.6) is 5.75 Å². The van der Waals surface area contributed by atoms with Crippen LogP contribution in [0.2, 0.25) is 0 Å². The number of ether oxygens (including phenoxy) is 1. The summed E-state index contributed by atoms with van der Waals surface area (Å²) in [5.74, 6) is 1.54. The van der Waals surface area contributed by atoms with E-state index in [2.05, 4.69) is 39.5 Å². The first-order valence-electron chi connectivity index (χ1n) is 5.90. The van der Waals surface area contributed by atoms with Crippen molar-refractivity contribution in [1.82, 2.24) is 0 Å². The molecule has 0 aliphatic carbocycles. The first kappa shape index (κ1) is 12.8. The molecule has 0 spiro atoms. The van der Waals surface area contributed by atoms with Crippen molar-refractivity contribution in [2.24, 2.45) is 0 Å². The van der Waals surface area contributed by atoms with Gasteiger partial charge in [-0.3, -0.25) is 0 Å². The van der Waals surface area contributed by atoms with E-state index in [1.165, 1.54) is 16.7 Å². The van der Waals surface area contributed by atoms with Gasteiger partial charge in [0.2, 0.25) is 0 Å². The predicted octanol–water partition coefficient (Wildman–Crippen LogP) is 4.38. The van der Waals surface area contributed by atoms with E-state index in [0.29, 0.717) is 5.92 Å². The van der Waals surface area contributed by atoms with Gasteiger partial charge in [0, 0.05) is 0 Å². The molecular weight excluding hydrogens is 196 g/mol. The molecule has 0 bridgehead atoms. The summed E-state index contributed by atoms with van der Waals surface area (Å²) < 4.78 is 5.28. The van der Waals surface area contributed by atoms with E-state index in [9.17, 15) is 0 Å². The Hall–Kier alpha value is -1.24. The number of allylic oxidation sites excluding steroid dienone is 1. The highest BCUT2D eigenvalue weighted by molar-refractivity contribution is 5.43. The second-order valence-corrected chi connectivity index (χ2v) is 4.30. The Labute approximate surface area is 99.1 Å². The minimum atomic E-state index is 0.586. The van der Waals surface area contributed by atoms with Gasteiger partial charge < -0.3 is 4.74 Å². The maximum Gasteiger partial charge on any atom is 0.119 e. The normalized spacial score (nSPS) is 12.2. The molecule has 0 amide bonds. The molecule has 1 rings (SSSR count). The third-order valence-corrected chi connectivity index (χ3v) is 3.16. The van der Waals surface area contributed by atoms with Crippen molar-refractivity contribution in [3.8, 4) is 5.75 Å². The molecule has 0 heterocycles. The molecule has 0 N–H and O–H groups in total. The van der Waals surface area contributed by atoms with Crippen molar-refractivity contribution in [1.29, 1.82) is 0 Å². The van der Waals surface area contributed by atoms with Crippen molar-refractivity contribution < 1.29 is 4.74 Å². The summed E-state index contributed by atoms with van der Waals surface area (Å²) in [5, 5.41) is 0. The molecule has 0 radical (unpaired) electrons. The lowest BCUT2D eigenvalue weighted by Crippen LogP contribution is -2.02. The molecule has 0 aliphatic heterocycles. The quantitative estimate of drug-likeness (QED) is 0.666. The zero-order valence-electron chi connectivity index (χ0n) is 10.8. The highest BCUT2D eigenvalue weighted by atomic mass is 16.5. The standard InChI is InChI=1S/C15H22O/c1-6-8-13(7-2)15-11(3)9-14(16-5)10-12(15)4/h6,9-10,13H,1,7-8H2,2-5H3. The topological polar surface area (TPSA) is 9.23 Å². The molecule has 88 valence electrons. The van der Waals surface area contributed by atoms with Gasteiger partial charge in [0.25, 0.3) is 0 Å². The monoisotopic (exact) mass is 218 g/mol. The highest BCUT2D eigenvalue weighted by Crippen LogP contribution is 2.32. The minimum absolute atomic E-state index is 0.586. The summed E-state index contributed by atoms with van der Waals surface area (Å²) in [6.45, 7) is 10.4. The molecule has 1 nitrogen and oxygen atoms in total. The van der Waals surface area contributed by atoms with Gasteiger partial charge in [-0.2, -0.15) is 0 Å². The third-order valence-electron chi connectivity index (χ3n) is 3.16. The van der Waals surface area contributed by atoms with Crippen LogP contribution in [-0.4, -0.2) is 7.11 Å². The fourth-order valence-corrected chi connectivity index (χ4v) is 2.39. The molecule has 1 aromatic rings. The number of methoxy groups -OCH3 is 1.